The van der Waals surface area contributed by atoms with E-state index in [0.717, 1.165) is 18.4 Å². The molecule has 0 saturated carbocycles. The number of rotatable bonds is 6. The summed E-state index contributed by atoms with van der Waals surface area (Å²) in [7, 11) is 1.88. The lowest BCUT2D eigenvalue weighted by atomic mass is 10.1. The van der Waals surface area contributed by atoms with E-state index in [0.29, 0.717) is 13.0 Å². The summed E-state index contributed by atoms with van der Waals surface area (Å²) in [6, 6.07) is 16.7. The van der Waals surface area contributed by atoms with Crippen molar-refractivity contribution in [2.45, 2.75) is 32.7 Å². The highest BCUT2D eigenvalue weighted by Crippen LogP contribution is 2.19. The van der Waals surface area contributed by atoms with Gasteiger partial charge in [-0.25, -0.2) is 0 Å². The van der Waals surface area contributed by atoms with Crippen molar-refractivity contribution < 1.29 is 4.79 Å². The van der Waals surface area contributed by atoms with Gasteiger partial charge in [0, 0.05) is 37.1 Å². The SMILES string of the molecule is CCc1ccc(CN(C)C(=O)CCc2c[nH]c3ccccc23)cc1. The zero-order valence-corrected chi connectivity index (χ0v) is 14.4. The number of carbonyl (C=O) groups excluding carboxylic acids is 1. The van der Waals surface area contributed by atoms with Gasteiger partial charge in [0.1, 0.15) is 0 Å². The molecule has 3 rings (SSSR count). The number of aryl methyl sites for hydroxylation is 2. The lowest BCUT2D eigenvalue weighted by molar-refractivity contribution is -0.130. The second kappa shape index (κ2) is 7.35. The van der Waals surface area contributed by atoms with Gasteiger partial charge < -0.3 is 9.88 Å². The van der Waals surface area contributed by atoms with Crippen LogP contribution < -0.4 is 0 Å². The molecule has 0 aliphatic carbocycles. The first kappa shape index (κ1) is 16.3. The molecule has 0 unspecified atom stereocenters. The Morgan fingerprint density at radius 3 is 2.50 bits per heavy atom. The van der Waals surface area contributed by atoms with Crippen molar-refractivity contribution in [3.8, 4) is 0 Å². The van der Waals surface area contributed by atoms with Gasteiger partial charge in [-0.3, -0.25) is 4.79 Å². The summed E-state index contributed by atoms with van der Waals surface area (Å²) >= 11 is 0. The van der Waals surface area contributed by atoms with Gasteiger partial charge in [0.05, 0.1) is 0 Å². The van der Waals surface area contributed by atoms with Crippen molar-refractivity contribution in [1.82, 2.24) is 9.88 Å². The van der Waals surface area contributed by atoms with E-state index in [2.05, 4.69) is 48.3 Å². The molecule has 2 aromatic carbocycles. The number of nitrogens with one attached hydrogen (secondary N) is 1. The fourth-order valence-corrected chi connectivity index (χ4v) is 3.01. The largest absolute Gasteiger partial charge is 0.361 e. The van der Waals surface area contributed by atoms with Gasteiger partial charge in [-0.2, -0.15) is 0 Å². The van der Waals surface area contributed by atoms with Crippen LogP contribution in [0.2, 0.25) is 0 Å². The summed E-state index contributed by atoms with van der Waals surface area (Å²) in [5.74, 6) is 0.180. The summed E-state index contributed by atoms with van der Waals surface area (Å²) in [6.45, 7) is 2.81. The van der Waals surface area contributed by atoms with Gasteiger partial charge >= 0.3 is 0 Å². The highest BCUT2D eigenvalue weighted by molar-refractivity contribution is 5.84. The summed E-state index contributed by atoms with van der Waals surface area (Å²) in [4.78, 5) is 17.5. The molecule has 1 heterocycles. The molecule has 1 amide bonds. The van der Waals surface area contributed by atoms with Crippen LogP contribution >= 0.6 is 0 Å². The number of carbonyl (C=O) groups is 1. The molecule has 3 nitrogen and oxygen atoms in total. The monoisotopic (exact) mass is 320 g/mol. The van der Waals surface area contributed by atoms with Gasteiger partial charge in [-0.05, 0) is 35.6 Å². The van der Waals surface area contributed by atoms with Crippen molar-refractivity contribution in [3.63, 3.8) is 0 Å². The molecule has 0 atom stereocenters. The van der Waals surface area contributed by atoms with Crippen LogP contribution in [0, 0.1) is 0 Å². The number of aromatic nitrogens is 1. The molecule has 1 N–H and O–H groups in total. The van der Waals surface area contributed by atoms with Crippen LogP contribution in [0.15, 0.2) is 54.7 Å². The Hall–Kier alpha value is -2.55. The second-order valence-electron chi connectivity index (χ2n) is 6.28. The van der Waals surface area contributed by atoms with Gasteiger partial charge in [-0.15, -0.1) is 0 Å². The Balaban J connectivity index is 1.57. The molecule has 0 radical (unpaired) electrons. The van der Waals surface area contributed by atoms with Crippen LogP contribution in [0.5, 0.6) is 0 Å². The van der Waals surface area contributed by atoms with Crippen molar-refractivity contribution in [2.75, 3.05) is 7.05 Å². The number of H-pyrrole nitrogens is 1. The fourth-order valence-electron chi connectivity index (χ4n) is 3.01. The summed E-state index contributed by atoms with van der Waals surface area (Å²) < 4.78 is 0. The van der Waals surface area contributed by atoms with Gasteiger partial charge in [-0.1, -0.05) is 49.4 Å². The minimum absolute atomic E-state index is 0.180. The van der Waals surface area contributed by atoms with Crippen LogP contribution in [0.4, 0.5) is 0 Å². The summed E-state index contributed by atoms with van der Waals surface area (Å²) in [5.41, 5.74) is 4.84. The molecular weight excluding hydrogens is 296 g/mol. The molecule has 124 valence electrons. The lowest BCUT2D eigenvalue weighted by Crippen LogP contribution is -2.26. The van der Waals surface area contributed by atoms with Crippen molar-refractivity contribution in [1.29, 1.82) is 0 Å². The maximum atomic E-state index is 12.4. The smallest absolute Gasteiger partial charge is 0.222 e. The van der Waals surface area contributed by atoms with E-state index in [9.17, 15) is 4.79 Å². The average Bonchev–Trinajstić information content (AvgIpc) is 3.03. The standard InChI is InChI=1S/C21H24N2O/c1-3-16-8-10-17(11-9-16)15-23(2)21(24)13-12-18-14-22-20-7-5-4-6-19(18)20/h4-11,14,22H,3,12-13,15H2,1-2H3. The Morgan fingerprint density at radius 1 is 1.04 bits per heavy atom. The van der Waals surface area contributed by atoms with Crippen molar-refractivity contribution in [3.05, 3.63) is 71.4 Å². The molecule has 24 heavy (non-hydrogen) atoms. The Morgan fingerprint density at radius 2 is 1.75 bits per heavy atom. The molecule has 0 fully saturated rings. The van der Waals surface area contributed by atoms with Crippen LogP contribution in [-0.2, 0) is 24.2 Å². The van der Waals surface area contributed by atoms with E-state index in [1.54, 1.807) is 0 Å². The van der Waals surface area contributed by atoms with Gasteiger partial charge in [0.25, 0.3) is 0 Å². The van der Waals surface area contributed by atoms with Crippen molar-refractivity contribution >= 4 is 16.8 Å². The van der Waals surface area contributed by atoms with E-state index in [-0.39, 0.29) is 5.91 Å². The maximum Gasteiger partial charge on any atom is 0.222 e. The average molecular weight is 320 g/mol. The molecule has 1 aromatic heterocycles. The normalized spacial score (nSPS) is 10.9. The number of nitrogens with zero attached hydrogens (tertiary/aromatic N) is 1. The number of aromatic amines is 1. The Kier molecular flexibility index (Phi) is 4.99. The van der Waals surface area contributed by atoms with Crippen LogP contribution in [0.25, 0.3) is 10.9 Å². The first-order chi connectivity index (χ1) is 11.7. The predicted molar refractivity (Wildman–Crippen MR) is 98.9 cm³/mol. The van der Waals surface area contributed by atoms with E-state index >= 15 is 0 Å². The van der Waals surface area contributed by atoms with Crippen LogP contribution in [0.1, 0.15) is 30.0 Å². The first-order valence-electron chi connectivity index (χ1n) is 8.54. The third kappa shape index (κ3) is 3.67. The van der Waals surface area contributed by atoms with Crippen LogP contribution in [-0.4, -0.2) is 22.8 Å². The highest BCUT2D eigenvalue weighted by Gasteiger charge is 2.11. The van der Waals surface area contributed by atoms with E-state index in [1.807, 2.05) is 30.3 Å². The topological polar surface area (TPSA) is 36.1 Å². The van der Waals surface area contributed by atoms with Crippen molar-refractivity contribution in [2.24, 2.45) is 0 Å². The van der Waals surface area contributed by atoms with E-state index < -0.39 is 0 Å². The summed E-state index contributed by atoms with van der Waals surface area (Å²) in [5, 5.41) is 1.21. The van der Waals surface area contributed by atoms with Gasteiger partial charge in [0.15, 0.2) is 0 Å². The number of benzene rings is 2. The molecule has 0 spiro atoms. The zero-order chi connectivity index (χ0) is 16.9. The first-order valence-corrected chi connectivity index (χ1v) is 8.54. The third-order valence-electron chi connectivity index (χ3n) is 4.56. The molecule has 0 aliphatic rings. The molecule has 0 bridgehead atoms. The number of hydrogen-bond acceptors (Lipinski definition) is 1. The number of para-hydroxylation sites is 1. The van der Waals surface area contributed by atoms with E-state index in [4.69, 9.17) is 0 Å². The Bertz CT molecular complexity index is 817. The number of fused-ring (bicyclic) bond motifs is 1. The van der Waals surface area contributed by atoms with Gasteiger partial charge in [0.2, 0.25) is 5.91 Å². The minimum atomic E-state index is 0.180. The molecule has 0 saturated heterocycles. The predicted octanol–water partition coefficient (Wildman–Crippen LogP) is 4.32. The lowest BCUT2D eigenvalue weighted by Gasteiger charge is -2.17. The Labute approximate surface area is 143 Å². The fraction of sp³-hybridized carbons (Fsp3) is 0.286. The maximum absolute atomic E-state index is 12.4. The van der Waals surface area contributed by atoms with Crippen LogP contribution in [0.3, 0.4) is 0 Å². The summed E-state index contributed by atoms with van der Waals surface area (Å²) in [6.07, 6.45) is 4.36. The number of hydrogen-bond donors (Lipinski definition) is 1. The molecule has 3 aromatic rings. The zero-order valence-electron chi connectivity index (χ0n) is 14.4. The number of amides is 1. The quantitative estimate of drug-likeness (QED) is 0.721. The third-order valence-corrected chi connectivity index (χ3v) is 4.56. The minimum Gasteiger partial charge on any atom is -0.361 e. The molecular formula is C21H24N2O. The van der Waals surface area contributed by atoms with E-state index in [1.165, 1.54) is 22.1 Å². The highest BCUT2D eigenvalue weighted by atomic mass is 16.2. The second-order valence-corrected chi connectivity index (χ2v) is 6.28. The molecule has 0 aliphatic heterocycles. The molecule has 3 heteroatoms.